The van der Waals surface area contributed by atoms with Gasteiger partial charge in [-0.1, -0.05) is 38.7 Å². The van der Waals surface area contributed by atoms with Gasteiger partial charge < -0.3 is 24.8 Å². The maximum Gasteiger partial charge on any atom is 0.217 e. The molecule has 1 aliphatic carbocycles. The van der Waals surface area contributed by atoms with Gasteiger partial charge in [-0.25, -0.2) is 0 Å². The molecule has 0 fully saturated rings. The van der Waals surface area contributed by atoms with E-state index in [1.807, 2.05) is 18.2 Å². The number of amides is 1. The first kappa shape index (κ1) is 26.4. The Morgan fingerprint density at radius 1 is 1.00 bits per heavy atom. The number of aryl methyl sites for hydroxylation is 1. The Balaban J connectivity index is 2.12. The number of rotatable bonds is 11. The molecule has 0 heterocycles. The van der Waals surface area contributed by atoms with Gasteiger partial charge in [-0.05, 0) is 54.2 Å². The minimum atomic E-state index is -0.307. The molecule has 0 spiro atoms. The lowest BCUT2D eigenvalue weighted by Gasteiger charge is -2.19. The van der Waals surface area contributed by atoms with Crippen molar-refractivity contribution in [2.75, 3.05) is 33.2 Å². The molecule has 190 valence electrons. The first-order valence-electron chi connectivity index (χ1n) is 12.5. The number of methoxy groups -OCH3 is 3. The summed E-state index contributed by atoms with van der Waals surface area (Å²) < 4.78 is 17.0. The number of carbonyl (C=O) groups excluding carboxylic acids is 1. The fourth-order valence-corrected chi connectivity index (χ4v) is 4.81. The van der Waals surface area contributed by atoms with Crippen LogP contribution in [0.5, 0.6) is 17.2 Å². The molecule has 1 atom stereocenters. The highest BCUT2D eigenvalue weighted by atomic mass is 16.5. The molecule has 1 aliphatic rings. The first-order chi connectivity index (χ1) is 16.9. The second-order valence-electron chi connectivity index (χ2n) is 8.94. The third-order valence-corrected chi connectivity index (χ3v) is 6.51. The molecule has 3 rings (SSSR count). The first-order valence-corrected chi connectivity index (χ1v) is 12.5. The van der Waals surface area contributed by atoms with Crippen LogP contribution in [0.2, 0.25) is 0 Å². The number of carbonyl (C=O) groups is 1. The van der Waals surface area contributed by atoms with Crippen LogP contribution in [0.4, 0.5) is 5.69 Å². The lowest BCUT2D eigenvalue weighted by atomic mass is 9.95. The van der Waals surface area contributed by atoms with Gasteiger partial charge >= 0.3 is 0 Å². The Bertz CT molecular complexity index is 1100. The van der Waals surface area contributed by atoms with Gasteiger partial charge in [0.1, 0.15) is 0 Å². The molecule has 1 unspecified atom stereocenters. The normalized spacial score (nSPS) is 14.3. The predicted molar refractivity (Wildman–Crippen MR) is 140 cm³/mol. The number of unbranched alkanes of at least 4 members (excludes halogenated alkanes) is 4. The third kappa shape index (κ3) is 6.08. The fourth-order valence-electron chi connectivity index (χ4n) is 4.81. The molecule has 0 bridgehead atoms. The lowest BCUT2D eigenvalue weighted by molar-refractivity contribution is -0.119. The highest BCUT2D eigenvalue weighted by Gasteiger charge is 2.29. The average Bonchev–Trinajstić information content (AvgIpc) is 3.09. The van der Waals surface area contributed by atoms with Crippen LogP contribution in [0, 0.1) is 0 Å². The Labute approximate surface area is 208 Å². The van der Waals surface area contributed by atoms with Crippen LogP contribution in [-0.4, -0.2) is 33.8 Å². The quantitative estimate of drug-likeness (QED) is 0.426. The number of benzene rings is 1. The summed E-state index contributed by atoms with van der Waals surface area (Å²) in [7, 11) is 4.77. The fraction of sp³-hybridized carbons (Fsp3) is 0.500. The van der Waals surface area contributed by atoms with E-state index in [4.69, 9.17) is 14.2 Å². The van der Waals surface area contributed by atoms with Gasteiger partial charge in [0.2, 0.25) is 17.1 Å². The predicted octanol–water partition coefficient (Wildman–Crippen LogP) is 5.25. The molecule has 0 aliphatic heterocycles. The van der Waals surface area contributed by atoms with Gasteiger partial charge in [0, 0.05) is 19.0 Å². The zero-order chi connectivity index (χ0) is 25.4. The number of hydrogen-bond acceptors (Lipinski definition) is 6. The lowest BCUT2D eigenvalue weighted by Crippen LogP contribution is -2.26. The van der Waals surface area contributed by atoms with Crippen LogP contribution < -0.4 is 30.3 Å². The Morgan fingerprint density at radius 2 is 1.74 bits per heavy atom. The summed E-state index contributed by atoms with van der Waals surface area (Å²) in [6.07, 6.45) is 7.12. The summed E-state index contributed by atoms with van der Waals surface area (Å²) >= 11 is 0. The van der Waals surface area contributed by atoms with Crippen molar-refractivity contribution >= 4 is 11.6 Å². The second kappa shape index (κ2) is 12.5. The van der Waals surface area contributed by atoms with Crippen molar-refractivity contribution in [1.82, 2.24) is 5.32 Å². The van der Waals surface area contributed by atoms with Crippen molar-refractivity contribution in [3.05, 3.63) is 45.6 Å². The maximum atomic E-state index is 13.2. The molecule has 7 heteroatoms. The largest absolute Gasteiger partial charge is 0.493 e. The minimum Gasteiger partial charge on any atom is -0.493 e. The molecule has 2 aromatic carbocycles. The number of anilines is 1. The zero-order valence-corrected chi connectivity index (χ0v) is 21.6. The minimum absolute atomic E-state index is 0.0990. The topological polar surface area (TPSA) is 85.9 Å². The van der Waals surface area contributed by atoms with E-state index in [9.17, 15) is 9.59 Å². The average molecular weight is 483 g/mol. The van der Waals surface area contributed by atoms with Gasteiger partial charge in [0.05, 0.1) is 33.1 Å². The van der Waals surface area contributed by atoms with Gasteiger partial charge in [-0.2, -0.15) is 0 Å². The molecular weight excluding hydrogens is 444 g/mol. The van der Waals surface area contributed by atoms with E-state index < -0.39 is 0 Å². The smallest absolute Gasteiger partial charge is 0.217 e. The van der Waals surface area contributed by atoms with E-state index in [-0.39, 0.29) is 17.4 Å². The van der Waals surface area contributed by atoms with Crippen LogP contribution in [-0.2, 0) is 11.2 Å². The van der Waals surface area contributed by atoms with Crippen molar-refractivity contribution in [1.29, 1.82) is 0 Å². The molecule has 35 heavy (non-hydrogen) atoms. The summed E-state index contributed by atoms with van der Waals surface area (Å²) in [5, 5.41) is 6.36. The van der Waals surface area contributed by atoms with Crippen molar-refractivity contribution in [3.8, 4) is 28.4 Å². The number of nitrogens with one attached hydrogen (secondary N) is 2. The summed E-state index contributed by atoms with van der Waals surface area (Å²) in [6.45, 7) is 4.44. The molecule has 0 radical (unpaired) electrons. The van der Waals surface area contributed by atoms with Gasteiger partial charge in [-0.15, -0.1) is 0 Å². The van der Waals surface area contributed by atoms with Gasteiger partial charge in [-0.3, -0.25) is 9.59 Å². The number of ether oxygens (including phenoxy) is 3. The number of hydrogen-bond donors (Lipinski definition) is 2. The summed E-state index contributed by atoms with van der Waals surface area (Å²) in [5.74, 6) is 1.49. The van der Waals surface area contributed by atoms with E-state index in [1.54, 1.807) is 27.4 Å². The van der Waals surface area contributed by atoms with Crippen LogP contribution in [0.3, 0.4) is 0 Å². The Morgan fingerprint density at radius 3 is 2.40 bits per heavy atom. The highest BCUT2D eigenvalue weighted by Crippen LogP contribution is 2.50. The monoisotopic (exact) mass is 482 g/mol. The Hall–Kier alpha value is -3.22. The van der Waals surface area contributed by atoms with E-state index >= 15 is 0 Å². The third-order valence-electron chi connectivity index (χ3n) is 6.51. The molecular formula is C28H38N2O5. The van der Waals surface area contributed by atoms with E-state index in [2.05, 4.69) is 17.6 Å². The molecule has 0 aromatic heterocycles. The molecule has 2 N–H and O–H groups in total. The standard InChI is InChI=1S/C28H38N2O5/c1-6-7-8-9-10-15-29-23-14-12-20-21(17-24(23)32)22(30-18(2)31)13-11-19-16-25(33-3)27(34-4)28(35-5)26(19)20/h12,14,16-17,22H,6-11,13,15H2,1-5H3,(H,29,32)(H,30,31). The van der Waals surface area contributed by atoms with Crippen molar-refractivity contribution in [2.24, 2.45) is 0 Å². The van der Waals surface area contributed by atoms with E-state index in [0.717, 1.165) is 41.6 Å². The molecule has 0 saturated carbocycles. The Kier molecular flexibility index (Phi) is 9.40. The highest BCUT2D eigenvalue weighted by molar-refractivity contribution is 5.83. The van der Waals surface area contributed by atoms with Crippen molar-refractivity contribution in [3.63, 3.8) is 0 Å². The van der Waals surface area contributed by atoms with E-state index in [0.29, 0.717) is 35.8 Å². The van der Waals surface area contributed by atoms with Gasteiger partial charge in [0.15, 0.2) is 11.5 Å². The zero-order valence-electron chi connectivity index (χ0n) is 21.6. The molecule has 1 amide bonds. The number of fused-ring (bicyclic) bond motifs is 3. The molecule has 2 aromatic rings. The summed E-state index contributed by atoms with van der Waals surface area (Å²) in [4.78, 5) is 25.3. The summed E-state index contributed by atoms with van der Waals surface area (Å²) in [6, 6.07) is 7.09. The van der Waals surface area contributed by atoms with Crippen LogP contribution >= 0.6 is 0 Å². The second-order valence-corrected chi connectivity index (χ2v) is 8.94. The molecule has 7 nitrogen and oxygen atoms in total. The van der Waals surface area contributed by atoms with Crippen LogP contribution in [0.1, 0.15) is 69.5 Å². The van der Waals surface area contributed by atoms with Crippen LogP contribution in [0.15, 0.2) is 29.1 Å². The van der Waals surface area contributed by atoms with Crippen LogP contribution in [0.25, 0.3) is 11.1 Å². The van der Waals surface area contributed by atoms with E-state index in [1.165, 1.54) is 26.2 Å². The van der Waals surface area contributed by atoms with Gasteiger partial charge in [0.25, 0.3) is 0 Å². The SMILES string of the molecule is CCCCCCCNc1ccc2c(cc1=O)C(NC(C)=O)CCc1cc(OC)c(OC)c(OC)c1-2. The molecule has 0 saturated heterocycles. The van der Waals surface area contributed by atoms with Crippen molar-refractivity contribution in [2.45, 2.75) is 64.8 Å². The maximum absolute atomic E-state index is 13.2. The summed E-state index contributed by atoms with van der Waals surface area (Å²) in [5.41, 5.74) is 3.92. The van der Waals surface area contributed by atoms with Crippen molar-refractivity contribution < 1.29 is 19.0 Å².